The minimum Gasteiger partial charge on any atom is -0.441 e. The van der Waals surface area contributed by atoms with Crippen LogP contribution in [-0.4, -0.2) is 32.1 Å². The van der Waals surface area contributed by atoms with Gasteiger partial charge >= 0.3 is 12.1 Å². The van der Waals surface area contributed by atoms with E-state index in [-0.39, 0.29) is 18.8 Å². The maximum Gasteiger partial charge on any atom is 0.412 e. The molecule has 15 heavy (non-hydrogen) atoms. The highest BCUT2D eigenvalue weighted by Crippen LogP contribution is 1.90. The average molecular weight is 217 g/mol. The van der Waals surface area contributed by atoms with Crippen molar-refractivity contribution in [2.24, 2.45) is 0 Å². The molecular weight excluding hydrogens is 206 g/mol. The third-order valence-electron chi connectivity index (χ3n) is 1.09. The Morgan fingerprint density at radius 3 is 2.60 bits per heavy atom. The predicted octanol–water partition coefficient (Wildman–Crippen LogP) is -0.0801. The highest BCUT2D eigenvalue weighted by Gasteiger charge is 2.05. The van der Waals surface area contributed by atoms with E-state index in [1.807, 2.05) is 0 Å². The zero-order chi connectivity index (χ0) is 11.7. The van der Waals surface area contributed by atoms with E-state index in [0.717, 1.165) is 0 Å². The van der Waals surface area contributed by atoms with Crippen LogP contribution in [0.2, 0.25) is 0 Å². The summed E-state index contributed by atoms with van der Waals surface area (Å²) in [4.78, 5) is 31.2. The van der Waals surface area contributed by atoms with E-state index in [2.05, 4.69) is 26.1 Å². The maximum absolute atomic E-state index is 10.8. The smallest absolute Gasteiger partial charge is 0.412 e. The van der Waals surface area contributed by atoms with Crippen molar-refractivity contribution in [1.82, 2.24) is 5.32 Å². The SMILES string of the molecule is C=C(C)C(=O)OCNC(=O)OCOC=O. The molecule has 0 heterocycles. The summed E-state index contributed by atoms with van der Waals surface area (Å²) in [7, 11) is 0. The van der Waals surface area contributed by atoms with Crippen molar-refractivity contribution in [3.8, 4) is 0 Å². The minimum atomic E-state index is -0.869. The summed E-state index contributed by atoms with van der Waals surface area (Å²) in [6, 6.07) is 0. The van der Waals surface area contributed by atoms with Crippen molar-refractivity contribution >= 4 is 18.5 Å². The molecule has 7 nitrogen and oxygen atoms in total. The van der Waals surface area contributed by atoms with Crippen LogP contribution < -0.4 is 5.32 Å². The van der Waals surface area contributed by atoms with Crippen molar-refractivity contribution in [3.63, 3.8) is 0 Å². The van der Waals surface area contributed by atoms with Gasteiger partial charge < -0.3 is 14.2 Å². The zero-order valence-electron chi connectivity index (χ0n) is 8.15. The highest BCUT2D eigenvalue weighted by atomic mass is 16.7. The first-order valence-electron chi connectivity index (χ1n) is 3.86. The Kier molecular flexibility index (Phi) is 6.36. The molecule has 0 unspecified atom stereocenters. The molecule has 0 radical (unpaired) electrons. The number of carbonyl (C=O) groups is 3. The van der Waals surface area contributed by atoms with E-state index in [0.29, 0.717) is 0 Å². The second-order valence-corrected chi connectivity index (χ2v) is 2.35. The van der Waals surface area contributed by atoms with Gasteiger partial charge in [0, 0.05) is 5.57 Å². The summed E-state index contributed by atoms with van der Waals surface area (Å²) < 4.78 is 12.9. The van der Waals surface area contributed by atoms with Gasteiger partial charge in [0.25, 0.3) is 6.47 Å². The van der Waals surface area contributed by atoms with Gasteiger partial charge in [-0.25, -0.2) is 9.59 Å². The molecule has 0 aliphatic heterocycles. The molecule has 0 spiro atoms. The Hall–Kier alpha value is -2.05. The van der Waals surface area contributed by atoms with Crippen LogP contribution >= 0.6 is 0 Å². The van der Waals surface area contributed by atoms with E-state index in [4.69, 9.17) is 0 Å². The molecule has 0 aliphatic carbocycles. The van der Waals surface area contributed by atoms with Gasteiger partial charge in [-0.2, -0.15) is 0 Å². The molecule has 0 saturated heterocycles. The van der Waals surface area contributed by atoms with Gasteiger partial charge in [0.05, 0.1) is 0 Å². The number of hydrogen-bond acceptors (Lipinski definition) is 6. The Bertz CT molecular complexity index is 262. The van der Waals surface area contributed by atoms with Gasteiger partial charge in [0.1, 0.15) is 0 Å². The molecule has 0 saturated carbocycles. The van der Waals surface area contributed by atoms with E-state index >= 15 is 0 Å². The van der Waals surface area contributed by atoms with Gasteiger partial charge in [-0.3, -0.25) is 10.1 Å². The Morgan fingerprint density at radius 2 is 2.07 bits per heavy atom. The van der Waals surface area contributed by atoms with Crippen LogP contribution in [0.4, 0.5) is 4.79 Å². The van der Waals surface area contributed by atoms with E-state index < -0.39 is 18.9 Å². The van der Waals surface area contributed by atoms with Gasteiger partial charge in [0.2, 0.25) is 6.79 Å². The molecular formula is C8H11NO6. The number of esters is 1. The van der Waals surface area contributed by atoms with E-state index in [1.165, 1.54) is 6.92 Å². The van der Waals surface area contributed by atoms with Crippen molar-refractivity contribution in [1.29, 1.82) is 0 Å². The first-order chi connectivity index (χ1) is 7.07. The molecule has 0 aromatic rings. The predicted molar refractivity (Wildman–Crippen MR) is 47.4 cm³/mol. The fraction of sp³-hybridized carbons (Fsp3) is 0.375. The number of carbonyl (C=O) groups excluding carboxylic acids is 3. The highest BCUT2D eigenvalue weighted by molar-refractivity contribution is 5.87. The van der Waals surface area contributed by atoms with Crippen LogP contribution in [0.15, 0.2) is 12.2 Å². The van der Waals surface area contributed by atoms with E-state index in [1.54, 1.807) is 0 Å². The molecule has 0 atom stereocenters. The summed E-state index contributed by atoms with van der Waals surface area (Å²) in [5, 5.41) is 2.09. The molecule has 0 aromatic heterocycles. The Labute approximate surface area is 86.0 Å². The van der Waals surface area contributed by atoms with Crippen LogP contribution in [-0.2, 0) is 23.8 Å². The van der Waals surface area contributed by atoms with Crippen LogP contribution in [0.3, 0.4) is 0 Å². The second kappa shape index (κ2) is 7.36. The van der Waals surface area contributed by atoms with Gasteiger partial charge in [-0.15, -0.1) is 0 Å². The number of nitrogens with one attached hydrogen (secondary N) is 1. The first kappa shape index (κ1) is 12.9. The summed E-state index contributed by atoms with van der Waals surface area (Å²) in [5.41, 5.74) is 0.217. The van der Waals surface area contributed by atoms with Crippen molar-refractivity contribution in [3.05, 3.63) is 12.2 Å². The summed E-state index contributed by atoms with van der Waals surface area (Å²) >= 11 is 0. The Balaban J connectivity index is 3.50. The van der Waals surface area contributed by atoms with Crippen LogP contribution in [0.25, 0.3) is 0 Å². The van der Waals surface area contributed by atoms with Crippen molar-refractivity contribution in [2.75, 3.05) is 13.5 Å². The van der Waals surface area contributed by atoms with Crippen LogP contribution in [0.1, 0.15) is 6.92 Å². The normalized spacial score (nSPS) is 8.60. The minimum absolute atomic E-state index is 0.133. The number of rotatable bonds is 6. The topological polar surface area (TPSA) is 90.9 Å². The molecule has 7 heteroatoms. The number of hydrogen-bond donors (Lipinski definition) is 1. The lowest BCUT2D eigenvalue weighted by Gasteiger charge is -2.06. The quantitative estimate of drug-likeness (QED) is 0.220. The summed E-state index contributed by atoms with van der Waals surface area (Å²) in [5.74, 6) is -0.626. The number of ether oxygens (including phenoxy) is 3. The molecule has 0 rings (SSSR count). The molecule has 1 amide bonds. The summed E-state index contributed by atoms with van der Waals surface area (Å²) in [6.45, 7) is 4.10. The standard InChI is InChI=1S/C8H11NO6/c1-6(2)7(11)14-3-9-8(12)15-5-13-4-10/h4H,1,3,5H2,2H3,(H,9,12). The molecule has 0 fully saturated rings. The largest absolute Gasteiger partial charge is 0.441 e. The number of alkyl carbamates (subject to hydrolysis) is 1. The monoisotopic (exact) mass is 217 g/mol. The van der Waals surface area contributed by atoms with Crippen molar-refractivity contribution < 1.29 is 28.6 Å². The van der Waals surface area contributed by atoms with Gasteiger partial charge in [-0.05, 0) is 6.92 Å². The molecule has 1 N–H and O–H groups in total. The fourth-order valence-electron chi connectivity index (χ4n) is 0.450. The molecule has 84 valence electrons. The molecule has 0 aromatic carbocycles. The maximum atomic E-state index is 10.8. The Morgan fingerprint density at radius 1 is 1.40 bits per heavy atom. The second-order valence-electron chi connectivity index (χ2n) is 2.35. The lowest BCUT2D eigenvalue weighted by atomic mass is 10.4. The molecule has 0 aliphatic rings. The molecule has 0 bridgehead atoms. The third kappa shape index (κ3) is 7.05. The zero-order valence-corrected chi connectivity index (χ0v) is 8.15. The van der Waals surface area contributed by atoms with Gasteiger partial charge in [0.15, 0.2) is 6.73 Å². The van der Waals surface area contributed by atoms with Crippen LogP contribution in [0, 0.1) is 0 Å². The lowest BCUT2D eigenvalue weighted by molar-refractivity contribution is -0.139. The van der Waals surface area contributed by atoms with Gasteiger partial charge in [-0.1, -0.05) is 6.58 Å². The fourth-order valence-corrected chi connectivity index (χ4v) is 0.450. The summed E-state index contributed by atoms with van der Waals surface area (Å²) in [6.07, 6.45) is -0.869. The first-order valence-corrected chi connectivity index (χ1v) is 3.86. The number of amides is 1. The van der Waals surface area contributed by atoms with Crippen LogP contribution in [0.5, 0.6) is 0 Å². The third-order valence-corrected chi connectivity index (χ3v) is 1.09. The van der Waals surface area contributed by atoms with E-state index in [9.17, 15) is 14.4 Å². The average Bonchev–Trinajstić information content (AvgIpc) is 2.18. The van der Waals surface area contributed by atoms with Crippen molar-refractivity contribution in [2.45, 2.75) is 6.92 Å². The lowest BCUT2D eigenvalue weighted by Crippen LogP contribution is -2.29.